The van der Waals surface area contributed by atoms with Gasteiger partial charge < -0.3 is 15.1 Å². The average Bonchev–Trinajstić information content (AvgIpc) is 2.43. The van der Waals surface area contributed by atoms with Crippen LogP contribution in [0.3, 0.4) is 0 Å². The first kappa shape index (κ1) is 13.4. The molecule has 0 saturated heterocycles. The van der Waals surface area contributed by atoms with Crippen LogP contribution in [0.2, 0.25) is 0 Å². The van der Waals surface area contributed by atoms with Gasteiger partial charge in [-0.2, -0.15) is 0 Å². The first-order valence-corrected chi connectivity index (χ1v) is 6.27. The summed E-state index contributed by atoms with van der Waals surface area (Å²) in [4.78, 5) is 12.4. The molecule has 0 spiro atoms. The molecule has 100 valence electrons. The molecule has 19 heavy (non-hydrogen) atoms. The molecule has 0 aliphatic carbocycles. The minimum absolute atomic E-state index is 0.00149. The van der Waals surface area contributed by atoms with Crippen molar-refractivity contribution in [1.82, 2.24) is 4.90 Å². The van der Waals surface area contributed by atoms with Crippen molar-refractivity contribution in [2.45, 2.75) is 13.0 Å². The number of fused-ring (bicyclic) bond motifs is 1. The summed E-state index contributed by atoms with van der Waals surface area (Å²) in [6.07, 6.45) is -0.499. The van der Waals surface area contributed by atoms with Crippen molar-refractivity contribution in [2.24, 2.45) is 0 Å². The van der Waals surface area contributed by atoms with Crippen molar-refractivity contribution >= 4 is 16.9 Å². The highest BCUT2D eigenvalue weighted by Gasteiger charge is 2.11. The van der Waals surface area contributed by atoms with Crippen LogP contribution in [0.5, 0.6) is 0 Å². The predicted molar refractivity (Wildman–Crippen MR) is 74.1 cm³/mol. The van der Waals surface area contributed by atoms with Crippen LogP contribution in [0.1, 0.15) is 12.0 Å². The van der Waals surface area contributed by atoms with Gasteiger partial charge in [-0.15, -0.1) is 0 Å². The van der Waals surface area contributed by atoms with Gasteiger partial charge in [-0.3, -0.25) is 0 Å². The molecule has 0 aliphatic heterocycles. The molecule has 0 heterocycles. The minimum Gasteiger partial charge on any atom is -0.465 e. The van der Waals surface area contributed by atoms with E-state index < -0.39 is 6.09 Å². The fourth-order valence-electron chi connectivity index (χ4n) is 2.06. The molecule has 2 rings (SSSR count). The smallest absolute Gasteiger partial charge is 0.407 e. The lowest BCUT2D eigenvalue weighted by molar-refractivity contribution is 0.137. The second-order valence-corrected chi connectivity index (χ2v) is 4.46. The van der Waals surface area contributed by atoms with Gasteiger partial charge in [-0.1, -0.05) is 36.4 Å². The van der Waals surface area contributed by atoms with E-state index in [0.717, 1.165) is 16.3 Å². The molecule has 0 unspecified atom stereocenters. The van der Waals surface area contributed by atoms with Gasteiger partial charge in [0.25, 0.3) is 0 Å². The van der Waals surface area contributed by atoms with E-state index in [0.29, 0.717) is 19.5 Å². The highest BCUT2D eigenvalue weighted by Crippen LogP contribution is 2.17. The Morgan fingerprint density at radius 2 is 1.84 bits per heavy atom. The third-order valence-electron chi connectivity index (χ3n) is 3.04. The maximum atomic E-state index is 11.1. The Morgan fingerprint density at radius 1 is 1.11 bits per heavy atom. The molecule has 0 bridgehead atoms. The second-order valence-electron chi connectivity index (χ2n) is 4.46. The molecule has 0 aliphatic rings. The highest BCUT2D eigenvalue weighted by atomic mass is 16.4. The Balaban J connectivity index is 2.16. The van der Waals surface area contributed by atoms with Crippen LogP contribution in [-0.2, 0) is 6.54 Å². The van der Waals surface area contributed by atoms with Crippen molar-refractivity contribution in [3.8, 4) is 0 Å². The number of hydrogen-bond acceptors (Lipinski definition) is 2. The maximum absolute atomic E-state index is 11.1. The Kier molecular flexibility index (Phi) is 4.36. The van der Waals surface area contributed by atoms with Crippen LogP contribution in [0, 0.1) is 0 Å². The molecular formula is C15H17NO3. The number of amides is 1. The monoisotopic (exact) mass is 259 g/mol. The molecule has 0 saturated carbocycles. The van der Waals surface area contributed by atoms with E-state index in [2.05, 4.69) is 0 Å². The van der Waals surface area contributed by atoms with Crippen molar-refractivity contribution in [3.05, 3.63) is 48.0 Å². The van der Waals surface area contributed by atoms with Crippen LogP contribution in [0.15, 0.2) is 42.5 Å². The molecule has 4 heteroatoms. The Bertz CT molecular complexity index is 568. The molecule has 2 aromatic carbocycles. The van der Waals surface area contributed by atoms with E-state index in [9.17, 15) is 4.79 Å². The summed E-state index contributed by atoms with van der Waals surface area (Å²) in [5.41, 5.74) is 0.957. The summed E-state index contributed by atoms with van der Waals surface area (Å²) in [5.74, 6) is 0. The lowest BCUT2D eigenvalue weighted by atomic mass is 10.1. The maximum Gasteiger partial charge on any atom is 0.407 e. The molecule has 0 atom stereocenters. The normalized spacial score (nSPS) is 10.6. The molecule has 0 radical (unpaired) electrons. The van der Waals surface area contributed by atoms with Gasteiger partial charge in [0, 0.05) is 19.7 Å². The van der Waals surface area contributed by atoms with Gasteiger partial charge in [0.2, 0.25) is 0 Å². The second kappa shape index (κ2) is 6.20. The van der Waals surface area contributed by atoms with E-state index in [1.165, 1.54) is 4.90 Å². The highest BCUT2D eigenvalue weighted by molar-refractivity contribution is 5.83. The van der Waals surface area contributed by atoms with Gasteiger partial charge in [-0.25, -0.2) is 4.79 Å². The summed E-state index contributed by atoms with van der Waals surface area (Å²) in [6, 6.07) is 13.9. The number of rotatable bonds is 5. The van der Waals surface area contributed by atoms with Crippen LogP contribution in [-0.4, -0.2) is 34.4 Å². The standard InChI is InChI=1S/C15H17NO3/c17-9-3-8-16(15(18)19)11-12-6-7-13-4-1-2-5-14(13)10-12/h1-2,4-7,10,17H,3,8-9,11H2,(H,18,19). The molecule has 2 N–H and O–H groups in total. The first-order chi connectivity index (χ1) is 9.20. The Morgan fingerprint density at radius 3 is 2.53 bits per heavy atom. The van der Waals surface area contributed by atoms with E-state index in [1.54, 1.807) is 0 Å². The number of aliphatic hydroxyl groups excluding tert-OH is 1. The molecule has 0 fully saturated rings. The van der Waals surface area contributed by atoms with Gasteiger partial charge in [-0.05, 0) is 28.8 Å². The summed E-state index contributed by atoms with van der Waals surface area (Å²) in [5, 5.41) is 20.1. The molecule has 0 aromatic heterocycles. The van der Waals surface area contributed by atoms with Gasteiger partial charge in [0.15, 0.2) is 0 Å². The molecular weight excluding hydrogens is 242 g/mol. The fourth-order valence-corrected chi connectivity index (χ4v) is 2.06. The van der Waals surface area contributed by atoms with Crippen molar-refractivity contribution in [2.75, 3.05) is 13.2 Å². The third kappa shape index (κ3) is 3.45. The van der Waals surface area contributed by atoms with Crippen LogP contribution < -0.4 is 0 Å². The van der Waals surface area contributed by atoms with E-state index >= 15 is 0 Å². The number of carboxylic acid groups (broad SMARTS) is 1. The predicted octanol–water partition coefficient (Wildman–Crippen LogP) is 2.70. The zero-order valence-corrected chi connectivity index (χ0v) is 10.6. The number of carbonyl (C=O) groups is 1. The molecule has 1 amide bonds. The average molecular weight is 259 g/mol. The number of benzene rings is 2. The Labute approximate surface area is 111 Å². The first-order valence-electron chi connectivity index (χ1n) is 6.27. The number of hydrogen-bond donors (Lipinski definition) is 2. The van der Waals surface area contributed by atoms with Crippen molar-refractivity contribution < 1.29 is 15.0 Å². The van der Waals surface area contributed by atoms with Crippen LogP contribution in [0.4, 0.5) is 4.79 Å². The lowest BCUT2D eigenvalue weighted by Gasteiger charge is -2.19. The minimum atomic E-state index is -0.957. The zero-order valence-electron chi connectivity index (χ0n) is 10.6. The van der Waals surface area contributed by atoms with E-state index in [1.807, 2.05) is 42.5 Å². The summed E-state index contributed by atoms with van der Waals surface area (Å²) in [6.45, 7) is 0.695. The van der Waals surface area contributed by atoms with Gasteiger partial charge >= 0.3 is 6.09 Å². The van der Waals surface area contributed by atoms with Crippen molar-refractivity contribution in [1.29, 1.82) is 0 Å². The molecule has 2 aromatic rings. The summed E-state index contributed by atoms with van der Waals surface area (Å²) < 4.78 is 0. The Hall–Kier alpha value is -2.07. The van der Waals surface area contributed by atoms with E-state index in [-0.39, 0.29) is 6.61 Å². The third-order valence-corrected chi connectivity index (χ3v) is 3.04. The topological polar surface area (TPSA) is 60.8 Å². The van der Waals surface area contributed by atoms with Crippen LogP contribution >= 0.6 is 0 Å². The molecule has 4 nitrogen and oxygen atoms in total. The zero-order chi connectivity index (χ0) is 13.7. The largest absolute Gasteiger partial charge is 0.465 e. The lowest BCUT2D eigenvalue weighted by Crippen LogP contribution is -2.30. The number of aliphatic hydroxyl groups is 1. The summed E-state index contributed by atoms with van der Waals surface area (Å²) >= 11 is 0. The summed E-state index contributed by atoms with van der Waals surface area (Å²) in [7, 11) is 0. The van der Waals surface area contributed by atoms with Gasteiger partial charge in [0.05, 0.1) is 0 Å². The SMILES string of the molecule is O=C(O)N(CCCO)Cc1ccc2ccccc2c1. The van der Waals surface area contributed by atoms with Crippen molar-refractivity contribution in [3.63, 3.8) is 0 Å². The fraction of sp³-hybridized carbons (Fsp3) is 0.267. The van der Waals surface area contributed by atoms with Gasteiger partial charge in [0.1, 0.15) is 0 Å². The number of nitrogens with zero attached hydrogens (tertiary/aromatic N) is 1. The van der Waals surface area contributed by atoms with Crippen LogP contribution in [0.25, 0.3) is 10.8 Å². The van der Waals surface area contributed by atoms with E-state index in [4.69, 9.17) is 10.2 Å². The quantitative estimate of drug-likeness (QED) is 0.867.